The van der Waals surface area contributed by atoms with Crippen LogP contribution in [0.5, 0.6) is 0 Å². The van der Waals surface area contributed by atoms with E-state index in [4.69, 9.17) is 12.2 Å². The minimum Gasteiger partial charge on any atom is -0.352 e. The highest BCUT2D eigenvalue weighted by Crippen LogP contribution is 2.33. The monoisotopic (exact) mass is 366 g/mol. The van der Waals surface area contributed by atoms with Crippen molar-refractivity contribution in [3.63, 3.8) is 0 Å². The van der Waals surface area contributed by atoms with Crippen molar-refractivity contribution in [3.8, 4) is 0 Å². The summed E-state index contributed by atoms with van der Waals surface area (Å²) in [6.45, 7) is 0.0168. The van der Waals surface area contributed by atoms with Gasteiger partial charge >= 0.3 is 0 Å². The second-order valence-corrected chi connectivity index (χ2v) is 8.34. The van der Waals surface area contributed by atoms with Crippen molar-refractivity contribution >= 4 is 57.5 Å². The molecule has 2 heterocycles. The van der Waals surface area contributed by atoms with Crippen LogP contribution in [0.1, 0.15) is 37.0 Å². The standard InChI is InChI=1S/C16H18N2O2S3/c19-14(17-11-5-2-1-3-6-11)10-18-15(20)13(23-16(18)21)9-12-7-4-8-22-12/h4,7-9,11H,1-3,5-6,10H2,(H,17,19)/b13-9+. The van der Waals surface area contributed by atoms with Gasteiger partial charge in [0, 0.05) is 10.9 Å². The summed E-state index contributed by atoms with van der Waals surface area (Å²) in [5.41, 5.74) is 0. The normalized spacial score (nSPS) is 21.2. The van der Waals surface area contributed by atoms with Crippen LogP contribution in [0.2, 0.25) is 0 Å². The summed E-state index contributed by atoms with van der Waals surface area (Å²) in [6.07, 6.45) is 7.47. The fourth-order valence-corrected chi connectivity index (χ4v) is 4.78. The van der Waals surface area contributed by atoms with Gasteiger partial charge in [0.1, 0.15) is 10.9 Å². The lowest BCUT2D eigenvalue weighted by molar-refractivity contribution is -0.129. The molecule has 122 valence electrons. The zero-order valence-electron chi connectivity index (χ0n) is 12.6. The van der Waals surface area contributed by atoms with Gasteiger partial charge in [-0.1, -0.05) is 49.3 Å². The molecule has 1 aliphatic carbocycles. The van der Waals surface area contributed by atoms with Crippen molar-refractivity contribution in [2.75, 3.05) is 6.54 Å². The molecule has 0 unspecified atom stereocenters. The Labute approximate surface area is 149 Å². The van der Waals surface area contributed by atoms with Crippen LogP contribution in [-0.4, -0.2) is 33.6 Å². The van der Waals surface area contributed by atoms with E-state index < -0.39 is 0 Å². The highest BCUT2D eigenvalue weighted by Gasteiger charge is 2.33. The maximum Gasteiger partial charge on any atom is 0.266 e. The summed E-state index contributed by atoms with van der Waals surface area (Å²) < 4.78 is 0.455. The molecule has 1 aliphatic heterocycles. The van der Waals surface area contributed by atoms with Crippen LogP contribution in [0.15, 0.2) is 22.4 Å². The number of thiophene rings is 1. The van der Waals surface area contributed by atoms with Crippen molar-refractivity contribution in [2.45, 2.75) is 38.1 Å². The van der Waals surface area contributed by atoms with E-state index in [1.807, 2.05) is 23.6 Å². The zero-order valence-corrected chi connectivity index (χ0v) is 15.1. The summed E-state index contributed by atoms with van der Waals surface area (Å²) in [6, 6.07) is 4.14. The smallest absolute Gasteiger partial charge is 0.266 e. The Hall–Kier alpha value is -1.18. The summed E-state index contributed by atoms with van der Waals surface area (Å²) in [7, 11) is 0. The molecule has 2 amide bonds. The molecule has 0 atom stereocenters. The molecule has 1 aromatic rings. The number of carbonyl (C=O) groups excluding carboxylic acids is 2. The fourth-order valence-electron chi connectivity index (χ4n) is 2.80. The third-order valence-electron chi connectivity index (χ3n) is 3.96. The lowest BCUT2D eigenvalue weighted by atomic mass is 9.95. The molecule has 2 fully saturated rings. The Bertz CT molecular complexity index is 634. The quantitative estimate of drug-likeness (QED) is 0.655. The number of thioether (sulfide) groups is 1. The fraction of sp³-hybridized carbons (Fsp3) is 0.438. The first-order chi connectivity index (χ1) is 11.1. The molecule has 1 aromatic heterocycles. The van der Waals surface area contributed by atoms with E-state index >= 15 is 0 Å². The summed E-state index contributed by atoms with van der Waals surface area (Å²) in [4.78, 5) is 27.6. The SMILES string of the molecule is O=C(CN1C(=O)/C(=C\c2cccs2)SC1=S)NC1CCCCC1. The maximum absolute atomic E-state index is 12.4. The second kappa shape index (κ2) is 7.59. The molecule has 0 radical (unpaired) electrons. The van der Waals surface area contributed by atoms with E-state index in [1.165, 1.54) is 23.1 Å². The second-order valence-electron chi connectivity index (χ2n) is 5.69. The van der Waals surface area contributed by atoms with Crippen LogP contribution in [0, 0.1) is 0 Å². The maximum atomic E-state index is 12.4. The van der Waals surface area contributed by atoms with Crippen LogP contribution >= 0.6 is 35.3 Å². The summed E-state index contributed by atoms with van der Waals surface area (Å²) in [5, 5.41) is 4.99. The van der Waals surface area contributed by atoms with Crippen LogP contribution < -0.4 is 5.32 Å². The van der Waals surface area contributed by atoms with Crippen LogP contribution in [0.3, 0.4) is 0 Å². The lowest BCUT2D eigenvalue weighted by Crippen LogP contribution is -2.44. The average Bonchev–Trinajstić information content (AvgIpc) is 3.13. The Morgan fingerprint density at radius 2 is 2.17 bits per heavy atom. The van der Waals surface area contributed by atoms with Crippen molar-refractivity contribution in [1.82, 2.24) is 10.2 Å². The van der Waals surface area contributed by atoms with E-state index in [2.05, 4.69) is 5.32 Å². The van der Waals surface area contributed by atoms with Crippen molar-refractivity contribution in [1.29, 1.82) is 0 Å². The molecule has 7 heteroatoms. The Balaban J connectivity index is 1.60. The summed E-state index contributed by atoms with van der Waals surface area (Å²) in [5.74, 6) is -0.294. The highest BCUT2D eigenvalue weighted by molar-refractivity contribution is 8.26. The number of nitrogens with zero attached hydrogens (tertiary/aromatic N) is 1. The van der Waals surface area contributed by atoms with Crippen LogP contribution in [-0.2, 0) is 9.59 Å². The van der Waals surface area contributed by atoms with E-state index in [9.17, 15) is 9.59 Å². The molecule has 2 aliphatic rings. The first-order valence-corrected chi connectivity index (χ1v) is 9.82. The van der Waals surface area contributed by atoms with Gasteiger partial charge in [-0.05, 0) is 30.4 Å². The van der Waals surface area contributed by atoms with E-state index in [0.29, 0.717) is 9.23 Å². The largest absolute Gasteiger partial charge is 0.352 e. The van der Waals surface area contributed by atoms with Gasteiger partial charge in [-0.25, -0.2) is 0 Å². The Morgan fingerprint density at radius 1 is 1.39 bits per heavy atom. The molecule has 0 bridgehead atoms. The molecule has 3 rings (SSSR count). The predicted molar refractivity (Wildman–Crippen MR) is 99.2 cm³/mol. The average molecular weight is 367 g/mol. The molecule has 1 saturated heterocycles. The predicted octanol–water partition coefficient (Wildman–Crippen LogP) is 3.40. The minimum atomic E-state index is -0.174. The van der Waals surface area contributed by atoms with Crippen LogP contribution in [0.25, 0.3) is 6.08 Å². The van der Waals surface area contributed by atoms with Crippen molar-refractivity contribution in [3.05, 3.63) is 27.3 Å². The molecule has 0 aromatic carbocycles. The minimum absolute atomic E-state index is 0.0168. The Kier molecular flexibility index (Phi) is 5.50. The van der Waals surface area contributed by atoms with Gasteiger partial charge in [-0.3, -0.25) is 14.5 Å². The van der Waals surface area contributed by atoms with Crippen LogP contribution in [0.4, 0.5) is 0 Å². The zero-order chi connectivity index (χ0) is 16.2. The number of hydrogen-bond donors (Lipinski definition) is 1. The molecule has 4 nitrogen and oxygen atoms in total. The number of thiocarbonyl (C=S) groups is 1. The lowest BCUT2D eigenvalue weighted by Gasteiger charge is -2.24. The summed E-state index contributed by atoms with van der Waals surface area (Å²) >= 11 is 8.10. The van der Waals surface area contributed by atoms with Crippen molar-refractivity contribution < 1.29 is 9.59 Å². The van der Waals surface area contributed by atoms with E-state index in [0.717, 1.165) is 30.6 Å². The molecular weight excluding hydrogens is 348 g/mol. The third-order valence-corrected chi connectivity index (χ3v) is 6.16. The van der Waals surface area contributed by atoms with Gasteiger partial charge in [-0.15, -0.1) is 11.3 Å². The molecule has 1 saturated carbocycles. The number of hydrogen-bond acceptors (Lipinski definition) is 5. The van der Waals surface area contributed by atoms with Gasteiger partial charge in [0.15, 0.2) is 0 Å². The number of amides is 2. The van der Waals surface area contributed by atoms with Crippen molar-refractivity contribution in [2.24, 2.45) is 0 Å². The number of rotatable bonds is 4. The van der Waals surface area contributed by atoms with Gasteiger partial charge in [-0.2, -0.15) is 0 Å². The molecular formula is C16H18N2O2S3. The first kappa shape index (κ1) is 16.7. The highest BCUT2D eigenvalue weighted by atomic mass is 32.2. The number of carbonyl (C=O) groups is 2. The number of nitrogens with one attached hydrogen (secondary N) is 1. The molecule has 1 N–H and O–H groups in total. The van der Waals surface area contributed by atoms with E-state index in [-0.39, 0.29) is 24.4 Å². The van der Waals surface area contributed by atoms with Gasteiger partial charge in [0.2, 0.25) is 5.91 Å². The van der Waals surface area contributed by atoms with Gasteiger partial charge < -0.3 is 5.32 Å². The Morgan fingerprint density at radius 3 is 2.87 bits per heavy atom. The van der Waals surface area contributed by atoms with Gasteiger partial charge in [0.05, 0.1) is 4.91 Å². The molecule has 0 spiro atoms. The topological polar surface area (TPSA) is 49.4 Å². The first-order valence-electron chi connectivity index (χ1n) is 7.72. The van der Waals surface area contributed by atoms with E-state index in [1.54, 1.807) is 11.3 Å². The molecule has 23 heavy (non-hydrogen) atoms. The third kappa shape index (κ3) is 4.22. The van der Waals surface area contributed by atoms with Gasteiger partial charge in [0.25, 0.3) is 5.91 Å².